The van der Waals surface area contributed by atoms with Crippen LogP contribution >= 0.6 is 0 Å². The van der Waals surface area contributed by atoms with Gasteiger partial charge in [-0.25, -0.2) is 0 Å². The second-order valence-corrected chi connectivity index (χ2v) is 5.80. The lowest BCUT2D eigenvalue weighted by Crippen LogP contribution is -2.09. The van der Waals surface area contributed by atoms with Crippen LogP contribution in [0.25, 0.3) is 10.8 Å². The number of rotatable bonds is 3. The summed E-state index contributed by atoms with van der Waals surface area (Å²) < 4.78 is 0. The van der Waals surface area contributed by atoms with Gasteiger partial charge in [-0.1, -0.05) is 48.5 Å². The van der Waals surface area contributed by atoms with Crippen LogP contribution in [-0.2, 0) is 0 Å². The molecule has 0 saturated heterocycles. The number of hydrogen-bond acceptors (Lipinski definition) is 2. The van der Waals surface area contributed by atoms with E-state index in [9.17, 15) is 0 Å². The average Bonchev–Trinajstić information content (AvgIpc) is 2.64. The first-order chi connectivity index (χ1) is 11.8. The molecule has 24 heavy (non-hydrogen) atoms. The molecule has 0 unspecified atom stereocenters. The predicted octanol–water partition coefficient (Wildman–Crippen LogP) is 5.89. The van der Waals surface area contributed by atoms with Crippen molar-refractivity contribution in [3.05, 3.63) is 97.1 Å². The van der Waals surface area contributed by atoms with Crippen LogP contribution in [0.2, 0.25) is 0 Å². The van der Waals surface area contributed by atoms with Crippen LogP contribution in [0, 0.1) is 0 Å². The SMILES string of the molecule is Nc1ccc2cc(N(c3ccccc3)c3ccccc3)ccc2c1. The lowest BCUT2D eigenvalue weighted by molar-refractivity contribution is 1.29. The van der Waals surface area contributed by atoms with Crippen molar-refractivity contribution >= 4 is 33.5 Å². The van der Waals surface area contributed by atoms with Crippen molar-refractivity contribution in [3.8, 4) is 0 Å². The zero-order valence-corrected chi connectivity index (χ0v) is 13.3. The molecule has 2 heteroatoms. The zero-order chi connectivity index (χ0) is 16.4. The lowest BCUT2D eigenvalue weighted by atomic mass is 10.1. The maximum atomic E-state index is 5.89. The molecule has 0 fully saturated rings. The van der Waals surface area contributed by atoms with Gasteiger partial charge >= 0.3 is 0 Å². The maximum absolute atomic E-state index is 5.89. The van der Waals surface area contributed by atoms with Crippen molar-refractivity contribution in [2.75, 3.05) is 10.6 Å². The Morgan fingerprint density at radius 2 is 1.04 bits per heavy atom. The zero-order valence-electron chi connectivity index (χ0n) is 13.3. The molecule has 0 bridgehead atoms. The summed E-state index contributed by atoms with van der Waals surface area (Å²) in [5.41, 5.74) is 10.1. The van der Waals surface area contributed by atoms with Crippen LogP contribution in [-0.4, -0.2) is 0 Å². The summed E-state index contributed by atoms with van der Waals surface area (Å²) in [6.07, 6.45) is 0. The van der Waals surface area contributed by atoms with Crippen LogP contribution in [0.1, 0.15) is 0 Å². The Hall–Kier alpha value is -3.26. The number of nitrogen functional groups attached to an aromatic ring is 1. The van der Waals surface area contributed by atoms with E-state index in [1.807, 2.05) is 24.3 Å². The van der Waals surface area contributed by atoms with E-state index in [-0.39, 0.29) is 0 Å². The van der Waals surface area contributed by atoms with Gasteiger partial charge < -0.3 is 10.6 Å². The minimum absolute atomic E-state index is 0.790. The van der Waals surface area contributed by atoms with Crippen LogP contribution < -0.4 is 10.6 Å². The summed E-state index contributed by atoms with van der Waals surface area (Å²) in [6, 6.07) is 33.3. The normalized spacial score (nSPS) is 10.7. The molecular weight excluding hydrogens is 292 g/mol. The summed E-state index contributed by atoms with van der Waals surface area (Å²) >= 11 is 0. The number of fused-ring (bicyclic) bond motifs is 1. The van der Waals surface area contributed by atoms with E-state index in [1.54, 1.807) is 0 Å². The topological polar surface area (TPSA) is 29.3 Å². The number of anilines is 4. The molecule has 0 aliphatic heterocycles. The van der Waals surface area contributed by atoms with Crippen LogP contribution in [0.3, 0.4) is 0 Å². The van der Waals surface area contributed by atoms with Gasteiger partial charge in [0.2, 0.25) is 0 Å². The third kappa shape index (κ3) is 2.70. The van der Waals surface area contributed by atoms with Crippen LogP contribution in [0.5, 0.6) is 0 Å². The molecule has 2 nitrogen and oxygen atoms in total. The van der Waals surface area contributed by atoms with Crippen molar-refractivity contribution in [3.63, 3.8) is 0 Å². The van der Waals surface area contributed by atoms with Gasteiger partial charge in [0.05, 0.1) is 0 Å². The predicted molar refractivity (Wildman–Crippen MR) is 103 cm³/mol. The summed E-state index contributed by atoms with van der Waals surface area (Å²) in [6.45, 7) is 0. The van der Waals surface area contributed by atoms with Crippen LogP contribution in [0.15, 0.2) is 97.1 Å². The first-order valence-electron chi connectivity index (χ1n) is 8.01. The van der Waals surface area contributed by atoms with E-state index >= 15 is 0 Å². The third-order valence-corrected chi connectivity index (χ3v) is 4.13. The quantitative estimate of drug-likeness (QED) is 0.478. The molecule has 2 N–H and O–H groups in total. The Labute approximate surface area is 141 Å². The molecule has 4 aromatic rings. The van der Waals surface area contributed by atoms with Gasteiger partial charge in [-0.05, 0) is 59.3 Å². The molecule has 0 radical (unpaired) electrons. The number of nitrogens with zero attached hydrogens (tertiary/aromatic N) is 1. The van der Waals surface area contributed by atoms with Gasteiger partial charge in [0.15, 0.2) is 0 Å². The van der Waals surface area contributed by atoms with Gasteiger partial charge in [-0.15, -0.1) is 0 Å². The summed E-state index contributed by atoms with van der Waals surface area (Å²) in [7, 11) is 0. The fourth-order valence-electron chi connectivity index (χ4n) is 2.99. The van der Waals surface area contributed by atoms with E-state index in [4.69, 9.17) is 5.73 Å². The minimum Gasteiger partial charge on any atom is -0.399 e. The molecule has 0 heterocycles. The monoisotopic (exact) mass is 310 g/mol. The number of hydrogen-bond donors (Lipinski definition) is 1. The second-order valence-electron chi connectivity index (χ2n) is 5.80. The molecule has 0 aliphatic carbocycles. The summed E-state index contributed by atoms with van der Waals surface area (Å²) in [4.78, 5) is 2.26. The molecule has 4 aromatic carbocycles. The highest BCUT2D eigenvalue weighted by Crippen LogP contribution is 2.35. The first-order valence-corrected chi connectivity index (χ1v) is 8.01. The molecule has 0 saturated carbocycles. The van der Waals surface area contributed by atoms with Crippen molar-refractivity contribution in [2.45, 2.75) is 0 Å². The molecular formula is C22H18N2. The molecule has 0 spiro atoms. The third-order valence-electron chi connectivity index (χ3n) is 4.13. The highest BCUT2D eigenvalue weighted by atomic mass is 15.1. The smallest absolute Gasteiger partial charge is 0.0468 e. The lowest BCUT2D eigenvalue weighted by Gasteiger charge is -2.25. The van der Waals surface area contributed by atoms with E-state index in [2.05, 4.69) is 77.7 Å². The molecule has 0 amide bonds. The van der Waals surface area contributed by atoms with E-state index in [1.165, 1.54) is 5.39 Å². The fraction of sp³-hybridized carbons (Fsp3) is 0. The first kappa shape index (κ1) is 14.3. The average molecular weight is 310 g/mol. The van der Waals surface area contributed by atoms with E-state index < -0.39 is 0 Å². The molecule has 0 aliphatic rings. The largest absolute Gasteiger partial charge is 0.399 e. The minimum atomic E-state index is 0.790. The van der Waals surface area contributed by atoms with Gasteiger partial charge in [0, 0.05) is 22.7 Å². The maximum Gasteiger partial charge on any atom is 0.0468 e. The van der Waals surface area contributed by atoms with Crippen molar-refractivity contribution in [2.24, 2.45) is 0 Å². The summed E-state index contributed by atoms with van der Waals surface area (Å²) in [5, 5.41) is 2.33. The Kier molecular flexibility index (Phi) is 3.64. The summed E-state index contributed by atoms with van der Waals surface area (Å²) in [5.74, 6) is 0. The second kappa shape index (κ2) is 6.09. The molecule has 4 rings (SSSR count). The molecule has 116 valence electrons. The molecule has 0 atom stereocenters. The number of nitrogens with two attached hydrogens (primary N) is 1. The van der Waals surface area contributed by atoms with E-state index in [0.717, 1.165) is 28.1 Å². The standard InChI is InChI=1S/C22H18N2/c23-19-13-11-18-16-22(14-12-17(18)15-19)24(20-7-3-1-4-8-20)21-9-5-2-6-10-21/h1-16H,23H2. The Morgan fingerprint density at radius 1 is 0.500 bits per heavy atom. The Bertz CT molecular complexity index is 923. The van der Waals surface area contributed by atoms with E-state index in [0.29, 0.717) is 0 Å². The fourth-order valence-corrected chi connectivity index (χ4v) is 2.99. The van der Waals surface area contributed by atoms with Crippen molar-refractivity contribution in [1.82, 2.24) is 0 Å². The Balaban J connectivity index is 1.89. The molecule has 0 aromatic heterocycles. The highest BCUT2D eigenvalue weighted by Gasteiger charge is 2.12. The van der Waals surface area contributed by atoms with Crippen LogP contribution in [0.4, 0.5) is 22.7 Å². The Morgan fingerprint density at radius 3 is 1.67 bits per heavy atom. The van der Waals surface area contributed by atoms with Gasteiger partial charge in [-0.3, -0.25) is 0 Å². The number of benzene rings is 4. The van der Waals surface area contributed by atoms with Crippen molar-refractivity contribution in [1.29, 1.82) is 0 Å². The van der Waals surface area contributed by atoms with Gasteiger partial charge in [0.1, 0.15) is 0 Å². The van der Waals surface area contributed by atoms with Gasteiger partial charge in [0.25, 0.3) is 0 Å². The van der Waals surface area contributed by atoms with Gasteiger partial charge in [-0.2, -0.15) is 0 Å². The van der Waals surface area contributed by atoms with Crippen molar-refractivity contribution < 1.29 is 0 Å². The number of para-hydroxylation sites is 2. The highest BCUT2D eigenvalue weighted by molar-refractivity contribution is 5.90.